The molecule has 0 aliphatic carbocycles. The van der Waals surface area contributed by atoms with Crippen LogP contribution in [0.2, 0.25) is 0 Å². The van der Waals surface area contributed by atoms with Crippen molar-refractivity contribution in [3.05, 3.63) is 77.9 Å². The van der Waals surface area contributed by atoms with Crippen LogP contribution >= 0.6 is 0 Å². The highest BCUT2D eigenvalue weighted by molar-refractivity contribution is 5.92. The Kier molecular flexibility index (Phi) is 6.00. The van der Waals surface area contributed by atoms with Crippen molar-refractivity contribution in [2.24, 2.45) is 5.92 Å². The fourth-order valence-electron chi connectivity index (χ4n) is 3.94. The highest BCUT2D eigenvalue weighted by Crippen LogP contribution is 2.19. The molecule has 1 aliphatic rings. The first-order valence-corrected chi connectivity index (χ1v) is 10.2. The average Bonchev–Trinajstić information content (AvgIpc) is 3.21. The number of hydrogen-bond acceptors (Lipinski definition) is 4. The van der Waals surface area contributed by atoms with Crippen molar-refractivity contribution >= 4 is 5.91 Å². The Hall–Kier alpha value is -2.99. The van der Waals surface area contributed by atoms with Crippen LogP contribution in [0.15, 0.2) is 61.1 Å². The Bertz CT molecular complexity index is 953. The number of hydrogen-bond donors (Lipinski definition) is 1. The second-order valence-corrected chi connectivity index (χ2v) is 7.75. The van der Waals surface area contributed by atoms with Crippen molar-refractivity contribution < 1.29 is 4.79 Å². The van der Waals surface area contributed by atoms with Gasteiger partial charge in [0.25, 0.3) is 5.91 Å². The summed E-state index contributed by atoms with van der Waals surface area (Å²) in [4.78, 5) is 18.8. The number of carbonyl (C=O) groups excluding carboxylic acids is 1. The maximum absolute atomic E-state index is 12.2. The van der Waals surface area contributed by atoms with Crippen LogP contribution in [0.25, 0.3) is 5.69 Å². The second kappa shape index (κ2) is 9.01. The molecule has 0 spiro atoms. The molecule has 1 saturated heterocycles. The molecular weight excluding hydrogens is 362 g/mol. The Morgan fingerprint density at radius 3 is 2.90 bits per heavy atom. The van der Waals surface area contributed by atoms with Gasteiger partial charge in [0.2, 0.25) is 0 Å². The van der Waals surface area contributed by atoms with Crippen LogP contribution in [0.1, 0.15) is 34.5 Å². The quantitative estimate of drug-likeness (QED) is 0.703. The normalized spacial score (nSPS) is 17.2. The zero-order chi connectivity index (χ0) is 20.1. The highest BCUT2D eigenvalue weighted by atomic mass is 16.1. The first-order chi connectivity index (χ1) is 14.2. The van der Waals surface area contributed by atoms with E-state index < -0.39 is 0 Å². The van der Waals surface area contributed by atoms with Gasteiger partial charge in [-0.05, 0) is 56.0 Å². The monoisotopic (exact) mass is 389 g/mol. The third-order valence-corrected chi connectivity index (χ3v) is 5.46. The van der Waals surface area contributed by atoms with Crippen molar-refractivity contribution in [2.45, 2.75) is 26.3 Å². The number of piperidine rings is 1. The molecule has 6 heteroatoms. The topological polar surface area (TPSA) is 63.0 Å². The van der Waals surface area contributed by atoms with E-state index in [4.69, 9.17) is 0 Å². The van der Waals surface area contributed by atoms with E-state index in [1.807, 2.05) is 35.1 Å². The van der Waals surface area contributed by atoms with E-state index in [-0.39, 0.29) is 5.91 Å². The van der Waals surface area contributed by atoms with E-state index >= 15 is 0 Å². The second-order valence-electron chi connectivity index (χ2n) is 7.75. The lowest BCUT2D eigenvalue weighted by Crippen LogP contribution is -2.40. The first-order valence-electron chi connectivity index (χ1n) is 10.2. The Balaban J connectivity index is 1.31. The van der Waals surface area contributed by atoms with Gasteiger partial charge in [0, 0.05) is 37.6 Å². The molecule has 1 unspecified atom stereocenters. The zero-order valence-corrected chi connectivity index (χ0v) is 16.8. The largest absolute Gasteiger partial charge is 0.350 e. The van der Waals surface area contributed by atoms with Crippen LogP contribution in [0, 0.1) is 12.8 Å². The van der Waals surface area contributed by atoms with E-state index in [0.29, 0.717) is 18.2 Å². The van der Waals surface area contributed by atoms with Gasteiger partial charge in [-0.1, -0.05) is 24.3 Å². The summed E-state index contributed by atoms with van der Waals surface area (Å²) < 4.78 is 1.96. The summed E-state index contributed by atoms with van der Waals surface area (Å²) in [6.07, 6.45) is 8.01. The number of likely N-dealkylation sites (tertiary alicyclic amines) is 1. The number of benzene rings is 1. The van der Waals surface area contributed by atoms with Crippen LogP contribution in [0.3, 0.4) is 0 Å². The average molecular weight is 390 g/mol. The standard InChI is InChI=1S/C23H27N5O/c1-18-7-2-3-10-22(18)28-17-20(14-26-28)16-27-12-6-8-19(15-27)13-25-23(29)21-9-4-5-11-24-21/h2-5,7,9-11,14,17,19H,6,8,12-13,15-16H2,1H3,(H,25,29). The molecule has 3 aromatic rings. The van der Waals surface area contributed by atoms with E-state index in [9.17, 15) is 4.79 Å². The summed E-state index contributed by atoms with van der Waals surface area (Å²) in [5.41, 5.74) is 4.02. The van der Waals surface area contributed by atoms with Gasteiger partial charge in [0.05, 0.1) is 11.9 Å². The predicted molar refractivity (Wildman–Crippen MR) is 113 cm³/mol. The molecule has 150 valence electrons. The van der Waals surface area contributed by atoms with Crippen LogP contribution in [0.5, 0.6) is 0 Å². The molecule has 4 rings (SSSR count). The van der Waals surface area contributed by atoms with E-state index in [0.717, 1.165) is 38.2 Å². The number of pyridine rings is 1. The number of amides is 1. The number of para-hydroxylation sites is 1. The maximum atomic E-state index is 12.2. The van der Waals surface area contributed by atoms with Gasteiger partial charge >= 0.3 is 0 Å². The van der Waals surface area contributed by atoms with Gasteiger partial charge in [-0.15, -0.1) is 0 Å². The summed E-state index contributed by atoms with van der Waals surface area (Å²) >= 11 is 0. The van der Waals surface area contributed by atoms with Crippen molar-refractivity contribution in [1.82, 2.24) is 25.0 Å². The lowest BCUT2D eigenvalue weighted by atomic mass is 9.97. The maximum Gasteiger partial charge on any atom is 0.269 e. The van der Waals surface area contributed by atoms with Gasteiger partial charge in [0.1, 0.15) is 5.69 Å². The number of carbonyl (C=O) groups is 1. The molecule has 1 N–H and O–H groups in total. The summed E-state index contributed by atoms with van der Waals surface area (Å²) in [5.74, 6) is 0.366. The predicted octanol–water partition coefficient (Wildman–Crippen LogP) is 3.22. The fourth-order valence-corrected chi connectivity index (χ4v) is 3.94. The Morgan fingerprint density at radius 1 is 1.21 bits per heavy atom. The minimum atomic E-state index is -0.0952. The molecule has 1 aliphatic heterocycles. The number of nitrogens with zero attached hydrogens (tertiary/aromatic N) is 4. The molecule has 1 aromatic carbocycles. The van der Waals surface area contributed by atoms with Crippen LogP contribution in [-0.4, -0.2) is 45.2 Å². The number of nitrogens with one attached hydrogen (secondary N) is 1. The minimum Gasteiger partial charge on any atom is -0.350 e. The lowest BCUT2D eigenvalue weighted by Gasteiger charge is -2.32. The smallest absolute Gasteiger partial charge is 0.269 e. The van der Waals surface area contributed by atoms with Crippen molar-refractivity contribution in [1.29, 1.82) is 0 Å². The van der Waals surface area contributed by atoms with Gasteiger partial charge in [0.15, 0.2) is 0 Å². The van der Waals surface area contributed by atoms with E-state index in [2.05, 4.69) is 45.6 Å². The van der Waals surface area contributed by atoms with Gasteiger partial charge < -0.3 is 5.32 Å². The summed E-state index contributed by atoms with van der Waals surface area (Å²) in [6.45, 7) is 5.74. The molecule has 3 heterocycles. The number of rotatable bonds is 6. The molecule has 29 heavy (non-hydrogen) atoms. The molecular formula is C23H27N5O. The van der Waals surface area contributed by atoms with Crippen LogP contribution < -0.4 is 5.32 Å². The molecule has 0 bridgehead atoms. The molecule has 6 nitrogen and oxygen atoms in total. The van der Waals surface area contributed by atoms with Crippen LogP contribution in [0.4, 0.5) is 0 Å². The van der Waals surface area contributed by atoms with Crippen molar-refractivity contribution in [3.63, 3.8) is 0 Å². The Labute approximate surface area is 171 Å². The number of aryl methyl sites for hydroxylation is 1. The number of aromatic nitrogens is 3. The first kappa shape index (κ1) is 19.3. The summed E-state index contributed by atoms with van der Waals surface area (Å²) in [7, 11) is 0. The van der Waals surface area contributed by atoms with E-state index in [1.54, 1.807) is 12.3 Å². The Morgan fingerprint density at radius 2 is 2.07 bits per heavy atom. The van der Waals surface area contributed by atoms with Gasteiger partial charge in [-0.3, -0.25) is 14.7 Å². The fraction of sp³-hybridized carbons (Fsp3) is 0.348. The molecule has 1 fully saturated rings. The van der Waals surface area contributed by atoms with Crippen LogP contribution in [-0.2, 0) is 6.54 Å². The van der Waals surface area contributed by atoms with Crippen molar-refractivity contribution in [3.8, 4) is 5.69 Å². The van der Waals surface area contributed by atoms with Gasteiger partial charge in [-0.2, -0.15) is 5.10 Å². The summed E-state index contributed by atoms with van der Waals surface area (Å²) in [5, 5.41) is 7.59. The third kappa shape index (κ3) is 4.90. The SMILES string of the molecule is Cc1ccccc1-n1cc(CN2CCCC(CNC(=O)c3ccccn3)C2)cn1. The summed E-state index contributed by atoms with van der Waals surface area (Å²) in [6, 6.07) is 13.7. The lowest BCUT2D eigenvalue weighted by molar-refractivity contribution is 0.0925. The molecule has 0 radical (unpaired) electrons. The highest BCUT2D eigenvalue weighted by Gasteiger charge is 2.21. The van der Waals surface area contributed by atoms with Gasteiger partial charge in [-0.25, -0.2) is 4.68 Å². The third-order valence-electron chi connectivity index (χ3n) is 5.46. The minimum absolute atomic E-state index is 0.0952. The van der Waals surface area contributed by atoms with Crippen molar-refractivity contribution in [2.75, 3.05) is 19.6 Å². The zero-order valence-electron chi connectivity index (χ0n) is 16.8. The molecule has 0 saturated carbocycles. The molecule has 1 amide bonds. The van der Waals surface area contributed by atoms with E-state index in [1.165, 1.54) is 11.1 Å². The molecule has 1 atom stereocenters. The molecule has 2 aromatic heterocycles.